The summed E-state index contributed by atoms with van der Waals surface area (Å²) in [6.07, 6.45) is 23.9. The second-order valence-corrected chi connectivity index (χ2v) is 7.68. The standard InChI is InChI=1S/C21H46N2/c1-3-5-7-8-9-10-11-12-13-14-15-16-17-18-20-21(22,23)19-6-4-2/h3-20,22-23H2,1-2H3. The van der Waals surface area contributed by atoms with Gasteiger partial charge >= 0.3 is 0 Å². The van der Waals surface area contributed by atoms with Crippen molar-refractivity contribution in [2.45, 2.75) is 135 Å². The Balaban J connectivity index is 3.16. The van der Waals surface area contributed by atoms with Gasteiger partial charge in [0, 0.05) is 0 Å². The smallest absolute Gasteiger partial charge is 0.0636 e. The summed E-state index contributed by atoms with van der Waals surface area (Å²) in [6, 6.07) is 0. The first-order valence-corrected chi connectivity index (χ1v) is 10.7. The summed E-state index contributed by atoms with van der Waals surface area (Å²) in [4.78, 5) is 0. The van der Waals surface area contributed by atoms with E-state index in [1.54, 1.807) is 0 Å². The van der Waals surface area contributed by atoms with Crippen molar-refractivity contribution in [1.29, 1.82) is 0 Å². The van der Waals surface area contributed by atoms with Crippen LogP contribution in [0.15, 0.2) is 0 Å². The van der Waals surface area contributed by atoms with Gasteiger partial charge in [-0.1, -0.05) is 117 Å². The van der Waals surface area contributed by atoms with Crippen LogP contribution in [0.4, 0.5) is 0 Å². The molecule has 0 saturated carbocycles. The molecule has 0 saturated heterocycles. The third-order valence-electron chi connectivity index (χ3n) is 4.99. The normalized spacial score (nSPS) is 12.0. The largest absolute Gasteiger partial charge is 0.313 e. The van der Waals surface area contributed by atoms with E-state index in [-0.39, 0.29) is 0 Å². The molecule has 0 radical (unpaired) electrons. The van der Waals surface area contributed by atoms with Crippen LogP contribution in [0.5, 0.6) is 0 Å². The fourth-order valence-electron chi connectivity index (χ4n) is 3.28. The molecular weight excluding hydrogens is 280 g/mol. The van der Waals surface area contributed by atoms with Crippen LogP contribution in [0, 0.1) is 0 Å². The highest BCUT2D eigenvalue weighted by atomic mass is 14.9. The van der Waals surface area contributed by atoms with Crippen LogP contribution in [0.3, 0.4) is 0 Å². The summed E-state index contributed by atoms with van der Waals surface area (Å²) in [5, 5.41) is 0. The minimum atomic E-state index is -0.410. The lowest BCUT2D eigenvalue weighted by Crippen LogP contribution is -2.49. The maximum Gasteiger partial charge on any atom is 0.0636 e. The van der Waals surface area contributed by atoms with Gasteiger partial charge in [-0.25, -0.2) is 0 Å². The molecule has 0 fully saturated rings. The molecule has 4 N–H and O–H groups in total. The molecule has 0 unspecified atom stereocenters. The molecule has 0 amide bonds. The molecule has 0 aliphatic rings. The van der Waals surface area contributed by atoms with Crippen LogP contribution in [0.2, 0.25) is 0 Å². The summed E-state index contributed by atoms with van der Waals surface area (Å²) >= 11 is 0. The number of rotatable bonds is 18. The van der Waals surface area contributed by atoms with Gasteiger partial charge in [0.25, 0.3) is 0 Å². The molecule has 0 spiro atoms. The number of hydrogen-bond acceptors (Lipinski definition) is 2. The third kappa shape index (κ3) is 18.1. The SMILES string of the molecule is CCCCCCCCCCCCCCCCC(N)(N)CCCC. The highest BCUT2D eigenvalue weighted by molar-refractivity contribution is 4.76. The van der Waals surface area contributed by atoms with Gasteiger partial charge in [-0.2, -0.15) is 0 Å². The zero-order chi connectivity index (χ0) is 17.2. The van der Waals surface area contributed by atoms with Gasteiger partial charge in [-0.15, -0.1) is 0 Å². The van der Waals surface area contributed by atoms with Gasteiger partial charge in [0.1, 0.15) is 0 Å². The monoisotopic (exact) mass is 326 g/mol. The third-order valence-corrected chi connectivity index (χ3v) is 4.99. The Bertz CT molecular complexity index is 226. The molecule has 0 heterocycles. The van der Waals surface area contributed by atoms with Gasteiger partial charge in [-0.05, 0) is 12.8 Å². The molecule has 0 bridgehead atoms. The van der Waals surface area contributed by atoms with Crippen molar-refractivity contribution in [3.8, 4) is 0 Å². The summed E-state index contributed by atoms with van der Waals surface area (Å²) in [7, 11) is 0. The molecule has 2 nitrogen and oxygen atoms in total. The Hall–Kier alpha value is -0.0800. The molecule has 0 aromatic rings. The maximum absolute atomic E-state index is 6.13. The highest BCUT2D eigenvalue weighted by Gasteiger charge is 2.16. The molecule has 0 aromatic carbocycles. The van der Waals surface area contributed by atoms with Crippen molar-refractivity contribution >= 4 is 0 Å². The van der Waals surface area contributed by atoms with E-state index in [1.807, 2.05) is 0 Å². The van der Waals surface area contributed by atoms with Crippen molar-refractivity contribution in [1.82, 2.24) is 0 Å². The molecule has 140 valence electrons. The zero-order valence-electron chi connectivity index (χ0n) is 16.4. The second-order valence-electron chi connectivity index (χ2n) is 7.68. The van der Waals surface area contributed by atoms with Crippen molar-refractivity contribution in [3.63, 3.8) is 0 Å². The van der Waals surface area contributed by atoms with Crippen LogP contribution in [0.1, 0.15) is 129 Å². The number of nitrogens with two attached hydrogens (primary N) is 2. The van der Waals surface area contributed by atoms with E-state index in [2.05, 4.69) is 13.8 Å². The van der Waals surface area contributed by atoms with E-state index in [9.17, 15) is 0 Å². The fourth-order valence-corrected chi connectivity index (χ4v) is 3.28. The first-order valence-electron chi connectivity index (χ1n) is 10.7. The summed E-state index contributed by atoms with van der Waals surface area (Å²) < 4.78 is 0. The summed E-state index contributed by atoms with van der Waals surface area (Å²) in [5.74, 6) is 0. The van der Waals surface area contributed by atoms with Crippen molar-refractivity contribution in [3.05, 3.63) is 0 Å². The average molecular weight is 327 g/mol. The van der Waals surface area contributed by atoms with Crippen LogP contribution in [-0.2, 0) is 0 Å². The maximum atomic E-state index is 6.13. The molecule has 0 aliphatic heterocycles. The van der Waals surface area contributed by atoms with Crippen LogP contribution in [0.25, 0.3) is 0 Å². The van der Waals surface area contributed by atoms with Gasteiger partial charge in [-0.3, -0.25) is 0 Å². The van der Waals surface area contributed by atoms with Gasteiger partial charge in [0.15, 0.2) is 0 Å². The number of unbranched alkanes of at least 4 members (excludes halogenated alkanes) is 14. The predicted octanol–water partition coefficient (Wildman–Crippen LogP) is 6.66. The van der Waals surface area contributed by atoms with Gasteiger partial charge in [0.2, 0.25) is 0 Å². The lowest BCUT2D eigenvalue weighted by molar-refractivity contribution is 0.350. The zero-order valence-corrected chi connectivity index (χ0v) is 16.4. The second kappa shape index (κ2) is 16.8. The highest BCUT2D eigenvalue weighted by Crippen LogP contribution is 2.16. The van der Waals surface area contributed by atoms with Crippen LogP contribution in [-0.4, -0.2) is 5.66 Å². The van der Waals surface area contributed by atoms with E-state index in [0.29, 0.717) is 0 Å². The van der Waals surface area contributed by atoms with Crippen molar-refractivity contribution < 1.29 is 0 Å². The average Bonchev–Trinajstić information content (AvgIpc) is 2.53. The van der Waals surface area contributed by atoms with E-state index >= 15 is 0 Å². The Kier molecular flexibility index (Phi) is 16.7. The topological polar surface area (TPSA) is 52.0 Å². The lowest BCUT2D eigenvalue weighted by atomic mass is 9.96. The van der Waals surface area contributed by atoms with E-state index in [4.69, 9.17) is 11.5 Å². The van der Waals surface area contributed by atoms with Crippen LogP contribution >= 0.6 is 0 Å². The molecular formula is C21H46N2. The van der Waals surface area contributed by atoms with Crippen LogP contribution < -0.4 is 11.5 Å². The van der Waals surface area contributed by atoms with Gasteiger partial charge < -0.3 is 11.5 Å². The Morgan fingerprint density at radius 3 is 1.13 bits per heavy atom. The first kappa shape index (κ1) is 22.9. The minimum absolute atomic E-state index is 0.410. The molecule has 23 heavy (non-hydrogen) atoms. The first-order chi connectivity index (χ1) is 11.1. The van der Waals surface area contributed by atoms with Gasteiger partial charge in [0.05, 0.1) is 5.66 Å². The summed E-state index contributed by atoms with van der Waals surface area (Å²) in [6.45, 7) is 4.48. The summed E-state index contributed by atoms with van der Waals surface area (Å²) in [5.41, 5.74) is 11.8. The Morgan fingerprint density at radius 1 is 0.435 bits per heavy atom. The Morgan fingerprint density at radius 2 is 0.739 bits per heavy atom. The number of hydrogen-bond donors (Lipinski definition) is 2. The quantitative estimate of drug-likeness (QED) is 0.218. The molecule has 0 rings (SSSR count). The molecule has 0 aliphatic carbocycles. The van der Waals surface area contributed by atoms with Crippen molar-refractivity contribution in [2.75, 3.05) is 0 Å². The van der Waals surface area contributed by atoms with Crippen molar-refractivity contribution in [2.24, 2.45) is 11.5 Å². The molecule has 0 atom stereocenters. The lowest BCUT2D eigenvalue weighted by Gasteiger charge is -2.24. The van der Waals surface area contributed by atoms with E-state index < -0.39 is 5.66 Å². The predicted molar refractivity (Wildman–Crippen MR) is 106 cm³/mol. The molecule has 0 aromatic heterocycles. The minimum Gasteiger partial charge on any atom is -0.313 e. The molecule has 2 heteroatoms. The van der Waals surface area contributed by atoms with E-state index in [0.717, 1.165) is 19.3 Å². The van der Waals surface area contributed by atoms with E-state index in [1.165, 1.54) is 96.3 Å². The Labute approximate surface area is 147 Å². The fraction of sp³-hybridized carbons (Fsp3) is 1.00.